The van der Waals surface area contributed by atoms with Gasteiger partial charge in [-0.3, -0.25) is 0 Å². The van der Waals surface area contributed by atoms with Crippen LogP contribution in [0.25, 0.3) is 0 Å². The van der Waals surface area contributed by atoms with Crippen molar-refractivity contribution in [3.05, 3.63) is 0 Å². The van der Waals surface area contributed by atoms with E-state index in [1.54, 1.807) is 0 Å². The van der Waals surface area contributed by atoms with Crippen molar-refractivity contribution >= 4 is 18.4 Å². The van der Waals surface area contributed by atoms with E-state index >= 15 is 0 Å². The number of hydrogen-bond acceptors (Lipinski definition) is 2. The molecule has 1 atom stereocenters. The first kappa shape index (κ1) is 7.82. The van der Waals surface area contributed by atoms with Crippen molar-refractivity contribution in [1.29, 1.82) is 0 Å². The van der Waals surface area contributed by atoms with Crippen molar-refractivity contribution in [3.8, 4) is 0 Å². The summed E-state index contributed by atoms with van der Waals surface area (Å²) < 4.78 is 5.97. The molecule has 0 aromatic heterocycles. The van der Waals surface area contributed by atoms with Gasteiger partial charge in [0.1, 0.15) is 0 Å². The van der Waals surface area contributed by atoms with Crippen LogP contribution in [0.4, 0.5) is 0 Å². The van der Waals surface area contributed by atoms with E-state index in [4.69, 9.17) is 4.74 Å². The molecule has 0 aliphatic carbocycles. The molecule has 54 valence electrons. The maximum atomic E-state index is 5.50. The standard InChI is InChI=1S/C3H6NO.3CH3.Sn/c1-2-5-3-4-1;;;;/h3-4H,1-2H2;3*1H3;. The summed E-state index contributed by atoms with van der Waals surface area (Å²) in [5, 5.41) is 3.37. The molecule has 1 rings (SSSR count). The summed E-state index contributed by atoms with van der Waals surface area (Å²) in [5.41, 5.74) is 0. The Balaban J connectivity index is 2.42. The van der Waals surface area contributed by atoms with Gasteiger partial charge in [0, 0.05) is 0 Å². The summed E-state index contributed by atoms with van der Waals surface area (Å²) in [6.07, 6.45) is 0. The minimum atomic E-state index is -1.73. The van der Waals surface area contributed by atoms with Crippen LogP contribution >= 0.6 is 0 Å². The molecule has 1 N–H and O–H groups in total. The molecular weight excluding hydrogens is 221 g/mol. The number of nitrogens with one attached hydrogen (secondary N) is 1. The van der Waals surface area contributed by atoms with Crippen LogP contribution in [-0.2, 0) is 4.74 Å². The molecule has 3 heteroatoms. The summed E-state index contributed by atoms with van der Waals surface area (Å²) in [6, 6.07) is 0. The van der Waals surface area contributed by atoms with Crippen LogP contribution in [0.1, 0.15) is 0 Å². The fourth-order valence-electron chi connectivity index (χ4n) is 0.982. The van der Waals surface area contributed by atoms with Crippen LogP contribution < -0.4 is 5.32 Å². The van der Waals surface area contributed by atoms with E-state index in [0.717, 1.165) is 13.2 Å². The number of ether oxygens (including phenoxy) is 1. The maximum absolute atomic E-state index is 5.50. The summed E-state index contributed by atoms with van der Waals surface area (Å²) in [4.78, 5) is 7.16. The number of rotatable bonds is 1. The molecule has 9 heavy (non-hydrogen) atoms. The summed E-state index contributed by atoms with van der Waals surface area (Å²) in [5.74, 6) is 0. The Morgan fingerprint density at radius 2 is 2.11 bits per heavy atom. The molecule has 0 saturated carbocycles. The summed E-state index contributed by atoms with van der Waals surface area (Å²) in [7, 11) is 0. The average Bonchev–Trinajstić information content (AvgIpc) is 2.08. The van der Waals surface area contributed by atoms with E-state index in [0.29, 0.717) is 4.24 Å². The van der Waals surface area contributed by atoms with Gasteiger partial charge in [-0.25, -0.2) is 0 Å². The molecule has 0 aromatic carbocycles. The van der Waals surface area contributed by atoms with Gasteiger partial charge >= 0.3 is 60.6 Å². The Morgan fingerprint density at radius 3 is 2.33 bits per heavy atom. The summed E-state index contributed by atoms with van der Waals surface area (Å²) in [6.45, 7) is 1.97. The Labute approximate surface area is 60.8 Å². The molecule has 0 aromatic rings. The second kappa shape index (κ2) is 2.76. The summed E-state index contributed by atoms with van der Waals surface area (Å²) >= 11 is -1.73. The van der Waals surface area contributed by atoms with E-state index in [1.165, 1.54) is 0 Å². The van der Waals surface area contributed by atoms with E-state index in [9.17, 15) is 0 Å². The fourth-order valence-corrected chi connectivity index (χ4v) is 4.91. The second-order valence-electron chi connectivity index (χ2n) is 3.57. The quantitative estimate of drug-likeness (QED) is 0.680. The average molecular weight is 236 g/mol. The van der Waals surface area contributed by atoms with Crippen LogP contribution in [0, 0.1) is 0 Å². The third-order valence-electron chi connectivity index (χ3n) is 1.50. The monoisotopic (exact) mass is 237 g/mol. The Kier molecular flexibility index (Phi) is 2.40. The minimum absolute atomic E-state index is 0.472. The molecule has 1 unspecified atom stereocenters. The molecule has 0 spiro atoms. The van der Waals surface area contributed by atoms with Crippen molar-refractivity contribution < 1.29 is 4.74 Å². The van der Waals surface area contributed by atoms with Crippen LogP contribution in [0.2, 0.25) is 14.8 Å². The van der Waals surface area contributed by atoms with Crippen molar-refractivity contribution in [2.24, 2.45) is 0 Å². The van der Waals surface area contributed by atoms with Gasteiger partial charge in [-0.15, -0.1) is 0 Å². The molecule has 0 amide bonds. The predicted octanol–water partition coefficient (Wildman–Crippen LogP) is 0.810. The Hall–Kier alpha value is 0.719. The fraction of sp³-hybridized carbons (Fsp3) is 1.00. The van der Waals surface area contributed by atoms with Crippen LogP contribution in [-0.4, -0.2) is 35.8 Å². The van der Waals surface area contributed by atoms with E-state index in [2.05, 4.69) is 20.1 Å². The SMILES string of the molecule is [CH3][Sn]([CH3])([CH3])[CH]1NCCO1. The van der Waals surface area contributed by atoms with E-state index in [1.807, 2.05) is 0 Å². The molecule has 2 nitrogen and oxygen atoms in total. The third kappa shape index (κ3) is 2.09. The third-order valence-corrected chi connectivity index (χ3v) is 7.05. The van der Waals surface area contributed by atoms with Crippen LogP contribution in [0.15, 0.2) is 0 Å². The molecule has 0 radical (unpaired) electrons. The Morgan fingerprint density at radius 1 is 1.44 bits per heavy atom. The predicted molar refractivity (Wildman–Crippen MR) is 41.1 cm³/mol. The topological polar surface area (TPSA) is 21.3 Å². The van der Waals surface area contributed by atoms with Gasteiger partial charge in [0.2, 0.25) is 0 Å². The molecule has 1 aliphatic rings. The first-order valence-corrected chi connectivity index (χ1v) is 13.7. The second-order valence-corrected chi connectivity index (χ2v) is 18.6. The zero-order chi connectivity index (χ0) is 6.91. The molecular formula is C6H15NOSn. The van der Waals surface area contributed by atoms with E-state index < -0.39 is 18.4 Å². The van der Waals surface area contributed by atoms with Gasteiger partial charge in [0.05, 0.1) is 0 Å². The molecule has 1 fully saturated rings. The van der Waals surface area contributed by atoms with Crippen molar-refractivity contribution in [2.45, 2.75) is 19.1 Å². The van der Waals surface area contributed by atoms with Gasteiger partial charge in [-0.05, 0) is 0 Å². The van der Waals surface area contributed by atoms with Crippen molar-refractivity contribution in [2.75, 3.05) is 13.2 Å². The molecule has 0 bridgehead atoms. The van der Waals surface area contributed by atoms with Crippen LogP contribution in [0.5, 0.6) is 0 Å². The first-order chi connectivity index (χ1) is 4.11. The van der Waals surface area contributed by atoms with Gasteiger partial charge < -0.3 is 0 Å². The van der Waals surface area contributed by atoms with Crippen molar-refractivity contribution in [1.82, 2.24) is 5.32 Å². The van der Waals surface area contributed by atoms with Gasteiger partial charge in [0.15, 0.2) is 0 Å². The first-order valence-electron chi connectivity index (χ1n) is 3.46. The normalized spacial score (nSPS) is 29.0. The zero-order valence-corrected chi connectivity index (χ0v) is 9.25. The van der Waals surface area contributed by atoms with Crippen molar-refractivity contribution in [3.63, 3.8) is 0 Å². The van der Waals surface area contributed by atoms with Gasteiger partial charge in [0.25, 0.3) is 0 Å². The van der Waals surface area contributed by atoms with E-state index in [-0.39, 0.29) is 0 Å². The molecule has 1 saturated heterocycles. The van der Waals surface area contributed by atoms with Gasteiger partial charge in [-0.1, -0.05) is 0 Å². The number of hydrogen-bond donors (Lipinski definition) is 1. The Bertz CT molecular complexity index is 93.7. The van der Waals surface area contributed by atoms with Gasteiger partial charge in [-0.2, -0.15) is 0 Å². The molecule has 1 heterocycles. The van der Waals surface area contributed by atoms with Crippen LogP contribution in [0.3, 0.4) is 0 Å². The molecule has 1 aliphatic heterocycles. The zero-order valence-electron chi connectivity index (χ0n) is 6.40.